The summed E-state index contributed by atoms with van der Waals surface area (Å²) < 4.78 is 22.1. The first kappa shape index (κ1) is 19.3. The van der Waals surface area contributed by atoms with Gasteiger partial charge in [0.1, 0.15) is 5.82 Å². The molecule has 1 aliphatic heterocycles. The number of hydrogen-bond donors (Lipinski definition) is 2. The highest BCUT2D eigenvalue weighted by Crippen LogP contribution is 2.48. The first-order chi connectivity index (χ1) is 14.6. The minimum absolute atomic E-state index is 0.188. The van der Waals surface area contributed by atoms with Crippen molar-refractivity contribution < 1.29 is 9.13 Å². The van der Waals surface area contributed by atoms with Crippen molar-refractivity contribution in [3.8, 4) is 5.69 Å². The lowest BCUT2D eigenvalue weighted by Crippen LogP contribution is -2.20. The molecule has 3 aromatic rings. The van der Waals surface area contributed by atoms with E-state index >= 15 is 0 Å². The number of hydrogen-bond acceptors (Lipinski definition) is 3. The predicted molar refractivity (Wildman–Crippen MR) is 120 cm³/mol. The van der Waals surface area contributed by atoms with Crippen LogP contribution < -0.4 is 5.73 Å². The van der Waals surface area contributed by atoms with Gasteiger partial charge in [0.2, 0.25) is 0 Å². The number of nitrogens with zero attached hydrogens (tertiary/aromatic N) is 1. The second-order valence-electron chi connectivity index (χ2n) is 8.72. The molecule has 1 saturated heterocycles. The maximum absolute atomic E-state index is 14.1. The number of anilines is 1. The van der Waals surface area contributed by atoms with Crippen molar-refractivity contribution in [2.24, 2.45) is 0 Å². The predicted octanol–water partition coefficient (Wildman–Crippen LogP) is 5.82. The zero-order chi connectivity index (χ0) is 20.8. The van der Waals surface area contributed by atoms with Crippen LogP contribution in [0.2, 0.25) is 0 Å². The van der Waals surface area contributed by atoms with E-state index in [-0.39, 0.29) is 5.82 Å². The summed E-state index contributed by atoms with van der Waals surface area (Å²) in [6.07, 6.45) is 6.95. The van der Waals surface area contributed by atoms with Gasteiger partial charge in [0.25, 0.3) is 0 Å². The quantitative estimate of drug-likeness (QED) is 0.424. The number of aromatic nitrogens is 1. The molecule has 0 unspecified atom stereocenters. The van der Waals surface area contributed by atoms with E-state index in [0.717, 1.165) is 42.8 Å². The van der Waals surface area contributed by atoms with Crippen LogP contribution in [0.4, 0.5) is 10.1 Å². The Balaban J connectivity index is 1.86. The Hall–Kier alpha value is -2.66. The minimum atomic E-state index is -0.188. The first-order valence-electron chi connectivity index (χ1n) is 10.9. The summed E-state index contributed by atoms with van der Waals surface area (Å²) in [5.41, 5.74) is 13.1. The molecule has 0 atom stereocenters. The number of nitrogens with one attached hydrogen (secondary N) is 1. The molecule has 0 radical (unpaired) electrons. The molecule has 5 rings (SSSR count). The van der Waals surface area contributed by atoms with Crippen LogP contribution in [0.1, 0.15) is 66.3 Å². The van der Waals surface area contributed by atoms with Gasteiger partial charge in [0.05, 0.1) is 5.52 Å². The number of halogens is 1. The molecule has 2 fully saturated rings. The van der Waals surface area contributed by atoms with E-state index in [9.17, 15) is 4.39 Å². The van der Waals surface area contributed by atoms with Crippen LogP contribution in [0.25, 0.3) is 16.6 Å². The van der Waals surface area contributed by atoms with Crippen LogP contribution in [0.3, 0.4) is 0 Å². The van der Waals surface area contributed by atoms with Gasteiger partial charge in [-0.25, -0.2) is 4.39 Å². The fourth-order valence-electron chi connectivity index (χ4n) is 5.08. The molecule has 1 aliphatic carbocycles. The lowest BCUT2D eigenvalue weighted by Gasteiger charge is -2.31. The molecule has 1 aromatic heterocycles. The number of ether oxygens (including phenoxy) is 1. The van der Waals surface area contributed by atoms with Crippen LogP contribution in [0.15, 0.2) is 30.3 Å². The van der Waals surface area contributed by atoms with Crippen LogP contribution in [0, 0.1) is 18.2 Å². The molecule has 4 nitrogen and oxygen atoms in total. The molecule has 5 heteroatoms. The van der Waals surface area contributed by atoms with Crippen molar-refractivity contribution in [1.29, 1.82) is 5.41 Å². The standard InChI is InChI=1S/C25H28FN3O/c1-15-11-19(5-6-21(15)26)29-23-12-18(14-27)22(28)13-20(23)24(16-3-2-4-16)25(29)17-7-9-30-10-8-17/h5-6,11-14,16-17,27H,2-4,7-10,28H2,1H3. The number of rotatable bonds is 4. The third kappa shape index (κ3) is 3.03. The van der Waals surface area contributed by atoms with Gasteiger partial charge in [0, 0.05) is 53.4 Å². The van der Waals surface area contributed by atoms with E-state index in [4.69, 9.17) is 15.9 Å². The SMILES string of the molecule is Cc1cc(-n2c(C3CCOCC3)c(C3CCC3)c3cc(N)c(C=N)cc32)ccc1F. The van der Waals surface area contributed by atoms with E-state index in [0.29, 0.717) is 23.1 Å². The zero-order valence-corrected chi connectivity index (χ0v) is 17.4. The Kier molecular flexibility index (Phi) is 4.86. The number of fused-ring (bicyclic) bond motifs is 1. The number of nitrogens with two attached hydrogens (primary N) is 1. The third-order valence-electron chi connectivity index (χ3n) is 6.93. The van der Waals surface area contributed by atoms with Gasteiger partial charge in [-0.15, -0.1) is 0 Å². The summed E-state index contributed by atoms with van der Waals surface area (Å²) in [6, 6.07) is 9.45. The van der Waals surface area contributed by atoms with Gasteiger partial charge in [-0.2, -0.15) is 0 Å². The summed E-state index contributed by atoms with van der Waals surface area (Å²) in [5, 5.41) is 8.99. The van der Waals surface area contributed by atoms with Crippen LogP contribution in [-0.4, -0.2) is 24.0 Å². The molecule has 1 saturated carbocycles. The highest BCUT2D eigenvalue weighted by molar-refractivity contribution is 5.98. The Morgan fingerprint density at radius 2 is 1.87 bits per heavy atom. The van der Waals surface area contributed by atoms with Gasteiger partial charge in [0.15, 0.2) is 0 Å². The maximum Gasteiger partial charge on any atom is 0.126 e. The normalized spacial score (nSPS) is 17.9. The maximum atomic E-state index is 14.1. The molecule has 0 amide bonds. The van der Waals surface area contributed by atoms with Crippen molar-refractivity contribution in [1.82, 2.24) is 4.57 Å². The highest BCUT2D eigenvalue weighted by atomic mass is 19.1. The number of nitrogen functional groups attached to an aromatic ring is 1. The van der Waals surface area contributed by atoms with Gasteiger partial charge < -0.3 is 20.4 Å². The Bertz CT molecular complexity index is 1120. The average molecular weight is 406 g/mol. The van der Waals surface area contributed by atoms with Crippen LogP contribution in [0.5, 0.6) is 0 Å². The molecule has 0 spiro atoms. The zero-order valence-electron chi connectivity index (χ0n) is 17.4. The third-order valence-corrected chi connectivity index (χ3v) is 6.93. The number of aryl methyl sites for hydroxylation is 1. The lowest BCUT2D eigenvalue weighted by molar-refractivity contribution is 0.0839. The van der Waals surface area contributed by atoms with Crippen molar-refractivity contribution in [2.75, 3.05) is 18.9 Å². The summed E-state index contributed by atoms with van der Waals surface area (Å²) in [6.45, 7) is 3.35. The van der Waals surface area contributed by atoms with E-state index in [1.54, 1.807) is 6.07 Å². The van der Waals surface area contributed by atoms with Gasteiger partial charge in [-0.3, -0.25) is 0 Å². The molecular formula is C25H28FN3O. The van der Waals surface area contributed by atoms with Crippen molar-refractivity contribution in [3.05, 3.63) is 58.5 Å². The largest absolute Gasteiger partial charge is 0.398 e. The molecule has 30 heavy (non-hydrogen) atoms. The molecule has 3 N–H and O–H groups in total. The summed E-state index contributed by atoms with van der Waals surface area (Å²) in [7, 11) is 0. The van der Waals surface area contributed by atoms with E-state index in [1.165, 1.54) is 42.1 Å². The van der Waals surface area contributed by atoms with E-state index in [1.807, 2.05) is 25.1 Å². The first-order valence-corrected chi connectivity index (χ1v) is 10.9. The molecule has 2 aromatic carbocycles. The summed E-state index contributed by atoms with van der Waals surface area (Å²) in [5.74, 6) is 0.751. The van der Waals surface area contributed by atoms with Gasteiger partial charge in [-0.1, -0.05) is 6.42 Å². The molecule has 2 heterocycles. The van der Waals surface area contributed by atoms with Crippen LogP contribution >= 0.6 is 0 Å². The highest BCUT2D eigenvalue weighted by Gasteiger charge is 2.33. The monoisotopic (exact) mass is 405 g/mol. The fourth-order valence-corrected chi connectivity index (χ4v) is 5.08. The summed E-state index contributed by atoms with van der Waals surface area (Å²) in [4.78, 5) is 0. The second kappa shape index (κ2) is 7.55. The molecule has 2 aliphatic rings. The van der Waals surface area contributed by atoms with E-state index in [2.05, 4.69) is 10.6 Å². The topological polar surface area (TPSA) is 64.0 Å². The smallest absolute Gasteiger partial charge is 0.126 e. The van der Waals surface area contributed by atoms with Gasteiger partial charge in [-0.05, 0) is 80.0 Å². The molecular weight excluding hydrogens is 377 g/mol. The lowest BCUT2D eigenvalue weighted by atomic mass is 9.76. The Labute approximate surface area is 176 Å². The molecule has 156 valence electrons. The Morgan fingerprint density at radius 3 is 2.50 bits per heavy atom. The van der Waals surface area contributed by atoms with Crippen molar-refractivity contribution >= 4 is 22.8 Å². The summed E-state index contributed by atoms with van der Waals surface area (Å²) >= 11 is 0. The minimum Gasteiger partial charge on any atom is -0.398 e. The van der Waals surface area contributed by atoms with Gasteiger partial charge >= 0.3 is 0 Å². The van der Waals surface area contributed by atoms with E-state index < -0.39 is 0 Å². The molecule has 0 bridgehead atoms. The second-order valence-corrected chi connectivity index (χ2v) is 8.72. The van der Waals surface area contributed by atoms with Crippen molar-refractivity contribution in [2.45, 2.75) is 50.9 Å². The van der Waals surface area contributed by atoms with Crippen LogP contribution in [-0.2, 0) is 4.74 Å². The average Bonchev–Trinajstić information content (AvgIpc) is 3.02. The van der Waals surface area contributed by atoms with Crippen molar-refractivity contribution in [3.63, 3.8) is 0 Å². The number of benzene rings is 2. The Morgan fingerprint density at radius 1 is 1.10 bits per heavy atom. The fraction of sp³-hybridized carbons (Fsp3) is 0.400.